The highest BCUT2D eigenvalue weighted by molar-refractivity contribution is 9.10. The molecule has 0 saturated heterocycles. The Balaban J connectivity index is 2.52. The molecule has 3 heteroatoms. The summed E-state index contributed by atoms with van der Waals surface area (Å²) < 4.78 is 1.23. The van der Waals surface area contributed by atoms with Gasteiger partial charge in [0.05, 0.1) is 0 Å². The molecule has 0 spiro atoms. The van der Waals surface area contributed by atoms with E-state index >= 15 is 0 Å². The van der Waals surface area contributed by atoms with Gasteiger partial charge in [0.15, 0.2) is 0 Å². The Bertz CT molecular complexity index is 325. The minimum atomic E-state index is 0.435. The van der Waals surface area contributed by atoms with Crippen molar-refractivity contribution in [2.75, 3.05) is 6.54 Å². The molecule has 0 fully saturated rings. The highest BCUT2D eigenvalue weighted by Crippen LogP contribution is 2.29. The van der Waals surface area contributed by atoms with Gasteiger partial charge in [0.1, 0.15) is 0 Å². The highest BCUT2D eigenvalue weighted by Gasteiger charge is 2.19. The van der Waals surface area contributed by atoms with Crippen LogP contribution in [-0.4, -0.2) is 6.54 Å². The third kappa shape index (κ3) is 4.38. The maximum atomic E-state index is 3.67. The van der Waals surface area contributed by atoms with Gasteiger partial charge in [-0.1, -0.05) is 27.7 Å². The number of hydrogen-bond donors (Lipinski definition) is 1. The smallest absolute Gasteiger partial charge is 0.0397 e. The predicted octanol–water partition coefficient (Wildman–Crippen LogP) is 5.09. The zero-order chi connectivity index (χ0) is 13.0. The SMILES string of the molecule is CC(NCC(C(C)C)C(C)C)c1sccc1Br. The lowest BCUT2D eigenvalue weighted by atomic mass is 9.85. The molecular weight excluding hydrogens is 294 g/mol. The summed E-state index contributed by atoms with van der Waals surface area (Å²) in [7, 11) is 0. The molecule has 0 saturated carbocycles. The van der Waals surface area contributed by atoms with Gasteiger partial charge in [0.2, 0.25) is 0 Å². The van der Waals surface area contributed by atoms with Crippen LogP contribution >= 0.6 is 27.3 Å². The minimum Gasteiger partial charge on any atom is -0.309 e. The summed E-state index contributed by atoms with van der Waals surface area (Å²) in [5.74, 6) is 2.22. The van der Waals surface area contributed by atoms with Gasteiger partial charge in [0, 0.05) is 15.4 Å². The van der Waals surface area contributed by atoms with Crippen LogP contribution in [0.5, 0.6) is 0 Å². The summed E-state index contributed by atoms with van der Waals surface area (Å²) in [5, 5.41) is 5.81. The third-order valence-electron chi connectivity index (χ3n) is 3.41. The second kappa shape index (κ2) is 6.91. The van der Waals surface area contributed by atoms with Crippen molar-refractivity contribution in [3.63, 3.8) is 0 Å². The van der Waals surface area contributed by atoms with Crippen LogP contribution in [0.15, 0.2) is 15.9 Å². The Morgan fingerprint density at radius 1 is 1.18 bits per heavy atom. The topological polar surface area (TPSA) is 12.0 Å². The van der Waals surface area contributed by atoms with Crippen LogP contribution in [0.3, 0.4) is 0 Å². The first-order chi connectivity index (χ1) is 7.93. The summed E-state index contributed by atoms with van der Waals surface area (Å²) in [4.78, 5) is 1.40. The summed E-state index contributed by atoms with van der Waals surface area (Å²) in [6, 6.07) is 2.56. The number of thiophene rings is 1. The average molecular weight is 318 g/mol. The second-order valence-corrected chi connectivity index (χ2v) is 7.22. The lowest BCUT2D eigenvalue weighted by molar-refractivity contribution is 0.268. The molecule has 0 aromatic carbocycles. The Hall–Kier alpha value is 0.140. The molecule has 0 radical (unpaired) electrons. The fraction of sp³-hybridized carbons (Fsp3) is 0.714. The summed E-state index contributed by atoms with van der Waals surface area (Å²) >= 11 is 5.42. The molecule has 1 nitrogen and oxygen atoms in total. The normalized spacial score (nSPS) is 13.9. The number of nitrogens with one attached hydrogen (secondary N) is 1. The first-order valence-corrected chi connectivity index (χ1v) is 8.07. The van der Waals surface area contributed by atoms with E-state index in [1.165, 1.54) is 9.35 Å². The first-order valence-electron chi connectivity index (χ1n) is 6.39. The van der Waals surface area contributed by atoms with E-state index in [1.54, 1.807) is 0 Å². The van der Waals surface area contributed by atoms with Crippen LogP contribution in [0, 0.1) is 17.8 Å². The fourth-order valence-corrected chi connectivity index (χ4v) is 4.01. The van der Waals surface area contributed by atoms with Crippen molar-refractivity contribution in [1.82, 2.24) is 5.32 Å². The Morgan fingerprint density at radius 3 is 2.18 bits per heavy atom. The van der Waals surface area contributed by atoms with Gasteiger partial charge in [-0.3, -0.25) is 0 Å². The number of halogens is 1. The molecule has 1 N–H and O–H groups in total. The molecule has 0 aliphatic carbocycles. The van der Waals surface area contributed by atoms with Crippen LogP contribution in [0.2, 0.25) is 0 Å². The molecule has 1 aromatic rings. The molecule has 1 heterocycles. The van der Waals surface area contributed by atoms with Crippen LogP contribution in [0.4, 0.5) is 0 Å². The molecule has 17 heavy (non-hydrogen) atoms. The Kier molecular flexibility index (Phi) is 6.18. The fourth-order valence-electron chi connectivity index (χ4n) is 2.26. The van der Waals surface area contributed by atoms with Crippen molar-refractivity contribution in [2.24, 2.45) is 17.8 Å². The maximum absolute atomic E-state index is 3.67. The van der Waals surface area contributed by atoms with Gasteiger partial charge in [-0.05, 0) is 58.6 Å². The van der Waals surface area contributed by atoms with Crippen LogP contribution in [0.25, 0.3) is 0 Å². The van der Waals surface area contributed by atoms with Gasteiger partial charge in [0.25, 0.3) is 0 Å². The number of rotatable bonds is 6. The van der Waals surface area contributed by atoms with Gasteiger partial charge >= 0.3 is 0 Å². The molecule has 1 unspecified atom stereocenters. The van der Waals surface area contributed by atoms with Gasteiger partial charge in [-0.25, -0.2) is 0 Å². The maximum Gasteiger partial charge on any atom is 0.0397 e. The number of hydrogen-bond acceptors (Lipinski definition) is 2. The predicted molar refractivity (Wildman–Crippen MR) is 81.6 cm³/mol. The molecular formula is C14H24BrNS. The van der Waals surface area contributed by atoms with Crippen molar-refractivity contribution < 1.29 is 0 Å². The molecule has 0 aliphatic rings. The van der Waals surface area contributed by atoms with E-state index < -0.39 is 0 Å². The van der Waals surface area contributed by atoms with E-state index in [2.05, 4.69) is 67.3 Å². The van der Waals surface area contributed by atoms with Crippen molar-refractivity contribution >= 4 is 27.3 Å². The van der Waals surface area contributed by atoms with Crippen LogP contribution in [-0.2, 0) is 0 Å². The highest BCUT2D eigenvalue weighted by atomic mass is 79.9. The quantitative estimate of drug-likeness (QED) is 0.770. The zero-order valence-electron chi connectivity index (χ0n) is 11.5. The Morgan fingerprint density at radius 2 is 1.76 bits per heavy atom. The standard InChI is InChI=1S/C14H24BrNS/c1-9(2)12(10(3)4)8-16-11(5)14-13(15)6-7-17-14/h6-7,9-12,16H,8H2,1-5H3. The van der Waals surface area contributed by atoms with E-state index in [4.69, 9.17) is 0 Å². The lowest BCUT2D eigenvalue weighted by Gasteiger charge is -2.27. The largest absolute Gasteiger partial charge is 0.309 e. The van der Waals surface area contributed by atoms with Crippen LogP contribution < -0.4 is 5.32 Å². The summed E-state index contributed by atoms with van der Waals surface area (Å²) in [6.07, 6.45) is 0. The molecule has 1 atom stereocenters. The first kappa shape index (κ1) is 15.2. The van der Waals surface area contributed by atoms with Crippen LogP contribution in [0.1, 0.15) is 45.5 Å². The molecule has 1 rings (SSSR count). The van der Waals surface area contributed by atoms with E-state index in [0.29, 0.717) is 6.04 Å². The van der Waals surface area contributed by atoms with E-state index in [1.807, 2.05) is 11.3 Å². The molecule has 0 aliphatic heterocycles. The van der Waals surface area contributed by atoms with E-state index in [0.717, 1.165) is 24.3 Å². The van der Waals surface area contributed by atoms with Gasteiger partial charge in [-0.2, -0.15) is 0 Å². The molecule has 98 valence electrons. The van der Waals surface area contributed by atoms with E-state index in [-0.39, 0.29) is 0 Å². The average Bonchev–Trinajstić information content (AvgIpc) is 2.63. The Labute approximate surface area is 118 Å². The van der Waals surface area contributed by atoms with Crippen molar-refractivity contribution in [1.29, 1.82) is 0 Å². The monoisotopic (exact) mass is 317 g/mol. The minimum absolute atomic E-state index is 0.435. The molecule has 1 aromatic heterocycles. The van der Waals surface area contributed by atoms with E-state index in [9.17, 15) is 0 Å². The summed E-state index contributed by atoms with van der Waals surface area (Å²) in [6.45, 7) is 12.6. The summed E-state index contributed by atoms with van der Waals surface area (Å²) in [5.41, 5.74) is 0. The van der Waals surface area contributed by atoms with Crippen molar-refractivity contribution in [3.8, 4) is 0 Å². The van der Waals surface area contributed by atoms with Gasteiger partial charge < -0.3 is 5.32 Å². The van der Waals surface area contributed by atoms with Crippen molar-refractivity contribution in [2.45, 2.75) is 40.7 Å². The zero-order valence-corrected chi connectivity index (χ0v) is 13.9. The lowest BCUT2D eigenvalue weighted by Crippen LogP contribution is -2.31. The molecule has 0 amide bonds. The van der Waals surface area contributed by atoms with Gasteiger partial charge in [-0.15, -0.1) is 11.3 Å². The second-order valence-electron chi connectivity index (χ2n) is 5.41. The third-order valence-corrected chi connectivity index (χ3v) is 5.46. The molecule has 0 bridgehead atoms. The van der Waals surface area contributed by atoms with Crippen molar-refractivity contribution in [3.05, 3.63) is 20.8 Å².